The van der Waals surface area contributed by atoms with Crippen LogP contribution in [-0.4, -0.2) is 5.71 Å². The largest absolute Gasteiger partial charge is 0.453 e. The average Bonchev–Trinajstić information content (AvgIpc) is 3.31. The summed E-state index contributed by atoms with van der Waals surface area (Å²) in [4.78, 5) is 6.73. The van der Waals surface area contributed by atoms with Crippen molar-refractivity contribution in [1.29, 1.82) is 5.41 Å². The molecule has 2 heterocycles. The van der Waals surface area contributed by atoms with E-state index in [0.717, 1.165) is 96.4 Å². The van der Waals surface area contributed by atoms with Crippen LogP contribution in [0.1, 0.15) is 13.8 Å². The maximum Gasteiger partial charge on any atom is 0.152 e. The average molecular weight is 791 g/mol. The summed E-state index contributed by atoms with van der Waals surface area (Å²) >= 11 is 0. The lowest BCUT2D eigenvalue weighted by molar-refractivity contribution is 0.477. The van der Waals surface area contributed by atoms with Crippen LogP contribution in [0.3, 0.4) is 0 Å². The molecule has 8 aromatic carbocycles. The Morgan fingerprint density at radius 1 is 0.443 bits per heavy atom. The Morgan fingerprint density at radius 2 is 0.836 bits per heavy atom. The Kier molecular flexibility index (Phi) is 9.71. The first-order valence-corrected chi connectivity index (χ1v) is 20.5. The summed E-state index contributed by atoms with van der Waals surface area (Å²) in [5.74, 6) is 3.25. The second kappa shape index (κ2) is 15.9. The third-order valence-electron chi connectivity index (χ3n) is 11.1. The van der Waals surface area contributed by atoms with Crippen LogP contribution in [0.15, 0.2) is 218 Å². The van der Waals surface area contributed by atoms with E-state index in [1.54, 1.807) is 6.92 Å². The van der Waals surface area contributed by atoms with Crippen LogP contribution in [-0.2, 0) is 0 Å². The van der Waals surface area contributed by atoms with E-state index in [-0.39, 0.29) is 0 Å². The summed E-state index contributed by atoms with van der Waals surface area (Å²) in [7, 11) is 0. The molecule has 0 fully saturated rings. The predicted molar refractivity (Wildman–Crippen MR) is 252 cm³/mol. The van der Waals surface area contributed by atoms with Crippen LogP contribution in [0.2, 0.25) is 0 Å². The monoisotopic (exact) mass is 790 g/mol. The van der Waals surface area contributed by atoms with Gasteiger partial charge in [0.1, 0.15) is 0 Å². The van der Waals surface area contributed by atoms with Gasteiger partial charge in [-0.25, -0.2) is 0 Å². The molecule has 61 heavy (non-hydrogen) atoms. The maximum absolute atomic E-state index is 8.14. The predicted octanol–water partition coefficient (Wildman–Crippen LogP) is 15.8. The van der Waals surface area contributed by atoms with Gasteiger partial charge in [-0.05, 0) is 145 Å². The molecule has 6 nitrogen and oxygen atoms in total. The highest BCUT2D eigenvalue weighted by molar-refractivity contribution is 5.92. The Morgan fingerprint density at radius 3 is 1.26 bits per heavy atom. The number of hydrogen-bond donors (Lipinski definition) is 1. The highest BCUT2D eigenvalue weighted by Crippen LogP contribution is 2.53. The molecule has 0 saturated carbocycles. The zero-order valence-corrected chi connectivity index (χ0v) is 33.9. The lowest BCUT2D eigenvalue weighted by Gasteiger charge is -2.33. The van der Waals surface area contributed by atoms with Crippen molar-refractivity contribution in [2.24, 2.45) is 0 Å². The molecule has 0 aliphatic carbocycles. The van der Waals surface area contributed by atoms with E-state index in [2.05, 4.69) is 166 Å². The molecule has 0 radical (unpaired) electrons. The molecule has 8 aromatic rings. The summed E-state index contributed by atoms with van der Waals surface area (Å²) in [5.41, 5.74) is 13.9. The quantitative estimate of drug-likeness (QED) is 0.117. The van der Waals surface area contributed by atoms with E-state index in [1.165, 1.54) is 0 Å². The summed E-state index contributed by atoms with van der Waals surface area (Å²) in [6.07, 6.45) is 5.91. The second-order valence-corrected chi connectivity index (χ2v) is 15.0. The molecule has 1 N–H and O–H groups in total. The van der Waals surface area contributed by atoms with Crippen molar-refractivity contribution in [2.45, 2.75) is 13.8 Å². The molecule has 0 saturated heterocycles. The van der Waals surface area contributed by atoms with Crippen molar-refractivity contribution >= 4 is 51.2 Å². The minimum Gasteiger partial charge on any atom is -0.453 e. The van der Waals surface area contributed by atoms with Gasteiger partial charge in [0.15, 0.2) is 23.0 Å². The minimum absolute atomic E-state index is 0.483. The standard InChI is InChI=1S/C55H42N4O2/c1-3-43(29-22-38(2)56)57(46-30-23-39(24-31-46)41-27-34-50-54(36-41)60-52-20-12-10-18-48(52)58(50)44-14-6-4-7-15-44)47-32-25-40(26-33-47)42-28-35-51-55(37-42)61-53-21-13-11-19-49(53)59(51)45-16-8-5-9-17-45/h3-37,56H,1-2H3/b29-22-,43-3?,56-38?. The third-order valence-corrected chi connectivity index (χ3v) is 11.1. The van der Waals surface area contributed by atoms with Crippen molar-refractivity contribution < 1.29 is 9.47 Å². The molecule has 0 spiro atoms. The molecule has 0 unspecified atom stereocenters. The normalized spacial score (nSPS) is 12.7. The van der Waals surface area contributed by atoms with Crippen LogP contribution in [0.4, 0.5) is 45.5 Å². The first-order chi connectivity index (χ1) is 30.0. The number of fused-ring (bicyclic) bond motifs is 4. The molecule has 10 rings (SSSR count). The van der Waals surface area contributed by atoms with E-state index in [1.807, 2.05) is 67.6 Å². The van der Waals surface area contributed by atoms with Gasteiger partial charge in [0.05, 0.1) is 22.7 Å². The summed E-state index contributed by atoms with van der Waals surface area (Å²) in [6.45, 7) is 3.82. The van der Waals surface area contributed by atoms with Gasteiger partial charge in [-0.1, -0.05) is 103 Å². The molecule has 294 valence electrons. The van der Waals surface area contributed by atoms with Crippen molar-refractivity contribution in [3.05, 3.63) is 218 Å². The minimum atomic E-state index is 0.483. The summed E-state index contributed by atoms with van der Waals surface area (Å²) in [6, 6.07) is 67.3. The molecular weight excluding hydrogens is 749 g/mol. The molecular formula is C55H42N4O2. The van der Waals surface area contributed by atoms with Crippen LogP contribution >= 0.6 is 0 Å². The van der Waals surface area contributed by atoms with Gasteiger partial charge >= 0.3 is 0 Å². The van der Waals surface area contributed by atoms with Crippen molar-refractivity contribution in [3.63, 3.8) is 0 Å². The fourth-order valence-electron chi connectivity index (χ4n) is 8.15. The van der Waals surface area contributed by atoms with Crippen molar-refractivity contribution in [1.82, 2.24) is 0 Å². The molecule has 0 bridgehead atoms. The van der Waals surface area contributed by atoms with E-state index in [9.17, 15) is 0 Å². The van der Waals surface area contributed by atoms with Crippen LogP contribution in [0, 0.1) is 5.41 Å². The Labute approximate surface area is 356 Å². The molecule has 0 atom stereocenters. The second-order valence-electron chi connectivity index (χ2n) is 15.0. The van der Waals surface area contributed by atoms with E-state index < -0.39 is 0 Å². The zero-order chi connectivity index (χ0) is 41.3. The van der Waals surface area contributed by atoms with Gasteiger partial charge in [0.2, 0.25) is 0 Å². The number of nitrogens with one attached hydrogen (secondary N) is 1. The summed E-state index contributed by atoms with van der Waals surface area (Å²) in [5, 5.41) is 8.14. The highest BCUT2D eigenvalue weighted by atomic mass is 16.5. The highest BCUT2D eigenvalue weighted by Gasteiger charge is 2.27. The fourth-order valence-corrected chi connectivity index (χ4v) is 8.15. The topological polar surface area (TPSA) is 52.0 Å². The Balaban J connectivity index is 0.964. The number of ether oxygens (including phenoxy) is 2. The van der Waals surface area contributed by atoms with Crippen LogP contribution < -0.4 is 24.2 Å². The number of para-hydroxylation sites is 6. The van der Waals surface area contributed by atoms with Crippen molar-refractivity contribution in [2.75, 3.05) is 14.7 Å². The number of hydrogen-bond acceptors (Lipinski definition) is 6. The maximum atomic E-state index is 8.14. The number of anilines is 8. The van der Waals surface area contributed by atoms with E-state index >= 15 is 0 Å². The fraction of sp³-hybridized carbons (Fsp3) is 0.0364. The van der Waals surface area contributed by atoms with Gasteiger partial charge < -0.3 is 29.6 Å². The lowest BCUT2D eigenvalue weighted by atomic mass is 10.0. The number of allylic oxidation sites excluding steroid dienone is 3. The smallest absolute Gasteiger partial charge is 0.152 e. The lowest BCUT2D eigenvalue weighted by Crippen LogP contribution is -2.16. The van der Waals surface area contributed by atoms with E-state index in [0.29, 0.717) is 5.71 Å². The van der Waals surface area contributed by atoms with Gasteiger partial charge in [0, 0.05) is 34.2 Å². The van der Waals surface area contributed by atoms with Gasteiger partial charge in [-0.15, -0.1) is 0 Å². The molecule has 6 heteroatoms. The van der Waals surface area contributed by atoms with Crippen LogP contribution in [0.25, 0.3) is 22.3 Å². The number of rotatable bonds is 9. The van der Waals surface area contributed by atoms with Gasteiger partial charge in [-0.2, -0.15) is 0 Å². The molecule has 2 aliphatic rings. The summed E-state index contributed by atoms with van der Waals surface area (Å²) < 4.78 is 13.0. The third kappa shape index (κ3) is 7.10. The van der Waals surface area contributed by atoms with Crippen LogP contribution in [0.5, 0.6) is 23.0 Å². The first-order valence-electron chi connectivity index (χ1n) is 20.5. The van der Waals surface area contributed by atoms with Crippen molar-refractivity contribution in [3.8, 4) is 45.3 Å². The van der Waals surface area contributed by atoms with E-state index in [4.69, 9.17) is 14.9 Å². The number of benzene rings is 8. The Hall–Kier alpha value is -8.09. The van der Waals surface area contributed by atoms with Gasteiger partial charge in [0.25, 0.3) is 0 Å². The Bertz CT molecular complexity index is 2770. The molecule has 2 aliphatic heterocycles. The molecule has 0 aromatic heterocycles. The SMILES string of the molecule is CC=C(/C=C\C(C)=N)N(c1ccc(-c2ccc3c(c2)Oc2ccccc2N3c2ccccc2)cc1)c1ccc(-c2ccc3c(c2)Oc2ccccc2N3c2ccccc2)cc1. The first kappa shape index (κ1) is 37.2. The molecule has 0 amide bonds. The number of nitrogens with zero attached hydrogens (tertiary/aromatic N) is 3. The zero-order valence-electron chi connectivity index (χ0n) is 33.9. The van der Waals surface area contributed by atoms with Gasteiger partial charge in [-0.3, -0.25) is 0 Å².